The summed E-state index contributed by atoms with van der Waals surface area (Å²) in [7, 11) is 0. The average molecular weight is 193 g/mol. The average Bonchev–Trinajstić information content (AvgIpc) is 2.25. The Morgan fingerprint density at radius 1 is 1.29 bits per heavy atom. The molecular weight excluding hydrogens is 174 g/mol. The Morgan fingerprint density at radius 2 is 2.00 bits per heavy atom. The Balaban J connectivity index is 2.10. The summed E-state index contributed by atoms with van der Waals surface area (Å²) >= 11 is 0. The second kappa shape index (κ2) is 6.57. The van der Waals surface area contributed by atoms with Gasteiger partial charge in [-0.05, 0) is 25.3 Å². The zero-order valence-electron chi connectivity index (χ0n) is 8.99. The SMILES string of the molecule is CCC(C)ONCCc1ccccc1. The van der Waals surface area contributed by atoms with E-state index in [1.54, 1.807) is 0 Å². The number of hydroxylamine groups is 1. The number of nitrogens with one attached hydrogen (secondary N) is 1. The molecule has 14 heavy (non-hydrogen) atoms. The van der Waals surface area contributed by atoms with E-state index in [1.165, 1.54) is 5.56 Å². The molecule has 1 unspecified atom stereocenters. The highest BCUT2D eigenvalue weighted by Crippen LogP contribution is 1.98. The van der Waals surface area contributed by atoms with E-state index in [-0.39, 0.29) is 0 Å². The van der Waals surface area contributed by atoms with Gasteiger partial charge in [-0.1, -0.05) is 37.3 Å². The summed E-state index contributed by atoms with van der Waals surface area (Å²) in [5.41, 5.74) is 4.33. The Kier molecular flexibility index (Phi) is 5.27. The van der Waals surface area contributed by atoms with E-state index in [9.17, 15) is 0 Å². The van der Waals surface area contributed by atoms with Crippen LogP contribution in [0.15, 0.2) is 30.3 Å². The Hall–Kier alpha value is -0.860. The van der Waals surface area contributed by atoms with Gasteiger partial charge in [0.25, 0.3) is 0 Å². The van der Waals surface area contributed by atoms with Gasteiger partial charge in [-0.25, -0.2) is 5.48 Å². The fraction of sp³-hybridized carbons (Fsp3) is 0.500. The summed E-state index contributed by atoms with van der Waals surface area (Å²) < 4.78 is 0. The van der Waals surface area contributed by atoms with Gasteiger partial charge in [0, 0.05) is 6.54 Å². The first kappa shape index (κ1) is 11.2. The van der Waals surface area contributed by atoms with E-state index in [2.05, 4.69) is 43.6 Å². The van der Waals surface area contributed by atoms with Crippen molar-refractivity contribution in [1.82, 2.24) is 5.48 Å². The molecule has 0 saturated heterocycles. The largest absolute Gasteiger partial charge is 0.299 e. The van der Waals surface area contributed by atoms with E-state index in [1.807, 2.05) is 6.07 Å². The molecule has 0 aliphatic heterocycles. The number of rotatable bonds is 6. The second-order valence-electron chi connectivity index (χ2n) is 3.47. The normalized spacial score (nSPS) is 12.7. The van der Waals surface area contributed by atoms with Gasteiger partial charge in [0.2, 0.25) is 0 Å². The molecule has 0 aliphatic rings. The monoisotopic (exact) mass is 193 g/mol. The zero-order chi connectivity index (χ0) is 10.2. The maximum atomic E-state index is 5.36. The van der Waals surface area contributed by atoms with Gasteiger partial charge in [0.15, 0.2) is 0 Å². The van der Waals surface area contributed by atoms with Crippen molar-refractivity contribution >= 4 is 0 Å². The first-order valence-corrected chi connectivity index (χ1v) is 5.25. The predicted molar refractivity (Wildman–Crippen MR) is 59.0 cm³/mol. The number of hydrogen-bond acceptors (Lipinski definition) is 2. The standard InChI is InChI=1S/C12H19NO/c1-3-11(2)14-13-10-9-12-7-5-4-6-8-12/h4-8,11,13H,3,9-10H2,1-2H3. The maximum absolute atomic E-state index is 5.36. The van der Waals surface area contributed by atoms with Gasteiger partial charge >= 0.3 is 0 Å². The third kappa shape index (κ3) is 4.40. The molecule has 78 valence electrons. The van der Waals surface area contributed by atoms with E-state index in [0.29, 0.717) is 6.10 Å². The van der Waals surface area contributed by atoms with Crippen LogP contribution in [0.1, 0.15) is 25.8 Å². The van der Waals surface area contributed by atoms with Crippen LogP contribution in [0.5, 0.6) is 0 Å². The van der Waals surface area contributed by atoms with Crippen LogP contribution in [0, 0.1) is 0 Å². The van der Waals surface area contributed by atoms with Crippen molar-refractivity contribution in [3.63, 3.8) is 0 Å². The molecule has 0 fully saturated rings. The highest BCUT2D eigenvalue weighted by Gasteiger charge is 1.97. The molecule has 0 aliphatic carbocycles. The lowest BCUT2D eigenvalue weighted by Gasteiger charge is -2.10. The molecule has 1 N–H and O–H groups in total. The van der Waals surface area contributed by atoms with E-state index >= 15 is 0 Å². The predicted octanol–water partition coefficient (Wildman–Crippen LogP) is 2.55. The topological polar surface area (TPSA) is 21.3 Å². The zero-order valence-corrected chi connectivity index (χ0v) is 8.99. The van der Waals surface area contributed by atoms with Crippen molar-refractivity contribution in [2.45, 2.75) is 32.8 Å². The quantitative estimate of drug-likeness (QED) is 0.554. The van der Waals surface area contributed by atoms with Crippen LogP contribution < -0.4 is 5.48 Å². The van der Waals surface area contributed by atoms with Gasteiger partial charge in [-0.2, -0.15) is 0 Å². The molecule has 0 spiro atoms. The second-order valence-corrected chi connectivity index (χ2v) is 3.47. The third-order valence-corrected chi connectivity index (χ3v) is 2.22. The maximum Gasteiger partial charge on any atom is 0.0759 e. The lowest BCUT2D eigenvalue weighted by atomic mass is 10.2. The van der Waals surface area contributed by atoms with Crippen LogP contribution >= 0.6 is 0 Å². The minimum Gasteiger partial charge on any atom is -0.299 e. The molecule has 2 nitrogen and oxygen atoms in total. The smallest absolute Gasteiger partial charge is 0.0759 e. The van der Waals surface area contributed by atoms with Crippen molar-refractivity contribution in [2.24, 2.45) is 0 Å². The van der Waals surface area contributed by atoms with Crippen LogP contribution in [0.4, 0.5) is 0 Å². The third-order valence-electron chi connectivity index (χ3n) is 2.22. The van der Waals surface area contributed by atoms with Crippen LogP contribution in [0.2, 0.25) is 0 Å². The van der Waals surface area contributed by atoms with Gasteiger partial charge in [0.05, 0.1) is 6.10 Å². The van der Waals surface area contributed by atoms with Crippen LogP contribution in [0.3, 0.4) is 0 Å². The summed E-state index contributed by atoms with van der Waals surface area (Å²) in [5, 5.41) is 0. The van der Waals surface area contributed by atoms with Gasteiger partial charge in [-0.3, -0.25) is 4.84 Å². The summed E-state index contributed by atoms with van der Waals surface area (Å²) in [4.78, 5) is 5.36. The number of benzene rings is 1. The number of hydrogen-bond donors (Lipinski definition) is 1. The molecule has 1 aromatic carbocycles. The van der Waals surface area contributed by atoms with Crippen molar-refractivity contribution in [1.29, 1.82) is 0 Å². The highest BCUT2D eigenvalue weighted by atomic mass is 16.7. The molecule has 1 rings (SSSR count). The Morgan fingerprint density at radius 3 is 2.64 bits per heavy atom. The lowest BCUT2D eigenvalue weighted by molar-refractivity contribution is -0.0156. The van der Waals surface area contributed by atoms with Crippen molar-refractivity contribution in [3.05, 3.63) is 35.9 Å². The van der Waals surface area contributed by atoms with Gasteiger partial charge in [0.1, 0.15) is 0 Å². The van der Waals surface area contributed by atoms with Crippen molar-refractivity contribution in [2.75, 3.05) is 6.54 Å². The molecule has 0 saturated carbocycles. The molecule has 1 aromatic rings. The molecule has 0 radical (unpaired) electrons. The molecule has 1 atom stereocenters. The van der Waals surface area contributed by atoms with Crippen LogP contribution in [-0.4, -0.2) is 12.6 Å². The molecule has 0 bridgehead atoms. The molecule has 0 aromatic heterocycles. The Labute approximate surface area is 86.2 Å². The summed E-state index contributed by atoms with van der Waals surface area (Å²) in [6.45, 7) is 5.05. The highest BCUT2D eigenvalue weighted by molar-refractivity contribution is 5.14. The van der Waals surface area contributed by atoms with E-state index in [4.69, 9.17) is 4.84 Å². The van der Waals surface area contributed by atoms with Gasteiger partial charge < -0.3 is 0 Å². The molecule has 0 amide bonds. The molecule has 2 heteroatoms. The fourth-order valence-electron chi connectivity index (χ4n) is 1.12. The molecule has 0 heterocycles. The first-order valence-electron chi connectivity index (χ1n) is 5.25. The van der Waals surface area contributed by atoms with Crippen LogP contribution in [0.25, 0.3) is 0 Å². The minimum absolute atomic E-state index is 0.297. The minimum atomic E-state index is 0.297. The van der Waals surface area contributed by atoms with Crippen molar-refractivity contribution < 1.29 is 4.84 Å². The molecular formula is C12H19NO. The first-order chi connectivity index (χ1) is 6.83. The summed E-state index contributed by atoms with van der Waals surface area (Å²) in [5.74, 6) is 0. The Bertz CT molecular complexity index is 235. The van der Waals surface area contributed by atoms with Crippen molar-refractivity contribution in [3.8, 4) is 0 Å². The summed E-state index contributed by atoms with van der Waals surface area (Å²) in [6, 6.07) is 10.4. The van der Waals surface area contributed by atoms with Crippen LogP contribution in [-0.2, 0) is 11.3 Å². The fourth-order valence-corrected chi connectivity index (χ4v) is 1.12. The van der Waals surface area contributed by atoms with Gasteiger partial charge in [-0.15, -0.1) is 0 Å². The lowest BCUT2D eigenvalue weighted by Crippen LogP contribution is -2.23. The summed E-state index contributed by atoms with van der Waals surface area (Å²) in [6.07, 6.45) is 2.35. The van der Waals surface area contributed by atoms with E-state index < -0.39 is 0 Å². The van der Waals surface area contributed by atoms with E-state index in [0.717, 1.165) is 19.4 Å².